The quantitative estimate of drug-likeness (QED) is 0.644. The van der Waals surface area contributed by atoms with Crippen LogP contribution in [0.1, 0.15) is 26.3 Å². The van der Waals surface area contributed by atoms with Gasteiger partial charge in [0.15, 0.2) is 5.82 Å². The molecule has 1 heterocycles. The molecule has 0 bridgehead atoms. The third-order valence-electron chi connectivity index (χ3n) is 3.68. The monoisotopic (exact) mass is 349 g/mol. The summed E-state index contributed by atoms with van der Waals surface area (Å²) in [6, 6.07) is 15.9. The van der Waals surface area contributed by atoms with E-state index < -0.39 is 0 Å². The SMILES string of the molecule is CCc1ccc(Nc2nncc(Nc3ccc(OC(C)C)cc3)n2)cc1. The Morgan fingerprint density at radius 1 is 0.923 bits per heavy atom. The molecule has 0 atom stereocenters. The molecule has 2 aromatic carbocycles. The van der Waals surface area contributed by atoms with Crippen molar-refractivity contribution in [2.24, 2.45) is 0 Å². The maximum atomic E-state index is 5.65. The Kier molecular flexibility index (Phi) is 5.63. The lowest BCUT2D eigenvalue weighted by atomic mass is 10.1. The molecule has 0 aliphatic rings. The number of anilines is 4. The average Bonchev–Trinajstić information content (AvgIpc) is 2.64. The van der Waals surface area contributed by atoms with Crippen LogP contribution >= 0.6 is 0 Å². The van der Waals surface area contributed by atoms with Gasteiger partial charge in [-0.15, -0.1) is 5.10 Å². The van der Waals surface area contributed by atoms with Crippen molar-refractivity contribution in [3.05, 3.63) is 60.3 Å². The van der Waals surface area contributed by atoms with Crippen molar-refractivity contribution in [2.45, 2.75) is 33.3 Å². The molecule has 3 aromatic rings. The number of nitrogens with one attached hydrogen (secondary N) is 2. The van der Waals surface area contributed by atoms with Gasteiger partial charge in [0.05, 0.1) is 12.3 Å². The summed E-state index contributed by atoms with van der Waals surface area (Å²) in [5.74, 6) is 1.90. The number of nitrogens with zero attached hydrogens (tertiary/aromatic N) is 3. The lowest BCUT2D eigenvalue weighted by Gasteiger charge is -2.11. The fourth-order valence-corrected chi connectivity index (χ4v) is 2.41. The lowest BCUT2D eigenvalue weighted by Crippen LogP contribution is -2.05. The van der Waals surface area contributed by atoms with E-state index in [0.717, 1.165) is 23.5 Å². The zero-order valence-corrected chi connectivity index (χ0v) is 15.2. The highest BCUT2D eigenvalue weighted by Gasteiger charge is 2.03. The molecule has 0 saturated carbocycles. The molecule has 0 aliphatic carbocycles. The number of hydrogen-bond acceptors (Lipinski definition) is 6. The molecular weight excluding hydrogens is 326 g/mol. The summed E-state index contributed by atoms with van der Waals surface area (Å²) in [7, 11) is 0. The highest BCUT2D eigenvalue weighted by atomic mass is 16.5. The first-order chi connectivity index (χ1) is 12.6. The van der Waals surface area contributed by atoms with E-state index in [1.165, 1.54) is 5.56 Å². The van der Waals surface area contributed by atoms with Gasteiger partial charge in [-0.25, -0.2) is 0 Å². The molecule has 0 amide bonds. The molecule has 134 valence electrons. The number of hydrogen-bond donors (Lipinski definition) is 2. The third kappa shape index (κ3) is 4.92. The van der Waals surface area contributed by atoms with Crippen LogP contribution < -0.4 is 15.4 Å². The van der Waals surface area contributed by atoms with Crippen LogP contribution in [0.15, 0.2) is 54.7 Å². The first-order valence-electron chi connectivity index (χ1n) is 8.72. The largest absolute Gasteiger partial charge is 0.491 e. The van der Waals surface area contributed by atoms with Crippen LogP contribution in [-0.2, 0) is 6.42 Å². The molecule has 0 aliphatic heterocycles. The number of rotatable bonds is 7. The van der Waals surface area contributed by atoms with E-state index in [1.807, 2.05) is 50.2 Å². The Bertz CT molecular complexity index is 832. The Hall–Kier alpha value is -3.15. The molecule has 26 heavy (non-hydrogen) atoms. The van der Waals surface area contributed by atoms with Gasteiger partial charge in [-0.3, -0.25) is 0 Å². The van der Waals surface area contributed by atoms with E-state index in [9.17, 15) is 0 Å². The topological polar surface area (TPSA) is 72.0 Å². The Labute approximate surface area is 153 Å². The average molecular weight is 349 g/mol. The summed E-state index contributed by atoms with van der Waals surface area (Å²) >= 11 is 0. The molecular formula is C20H23N5O. The van der Waals surface area contributed by atoms with Gasteiger partial charge in [0.1, 0.15) is 5.75 Å². The minimum atomic E-state index is 0.153. The molecule has 6 heteroatoms. The summed E-state index contributed by atoms with van der Waals surface area (Å²) < 4.78 is 5.65. The van der Waals surface area contributed by atoms with Crippen molar-refractivity contribution in [3.63, 3.8) is 0 Å². The van der Waals surface area contributed by atoms with Gasteiger partial charge in [-0.2, -0.15) is 10.1 Å². The zero-order chi connectivity index (χ0) is 18.4. The third-order valence-corrected chi connectivity index (χ3v) is 3.68. The van der Waals surface area contributed by atoms with Gasteiger partial charge in [0, 0.05) is 11.4 Å². The standard InChI is InChI=1S/C20H23N5O/c1-4-15-5-7-17(8-6-15)23-20-24-19(13-21-25-20)22-16-9-11-18(12-10-16)26-14(2)3/h5-14H,4H2,1-3H3,(H2,22,23,24,25). The Morgan fingerprint density at radius 3 is 2.23 bits per heavy atom. The smallest absolute Gasteiger partial charge is 0.249 e. The van der Waals surface area contributed by atoms with Crippen molar-refractivity contribution in [2.75, 3.05) is 10.6 Å². The molecule has 0 fully saturated rings. The predicted octanol–water partition coefficient (Wildman–Crippen LogP) is 4.71. The molecule has 3 rings (SSSR count). The van der Waals surface area contributed by atoms with E-state index in [2.05, 4.69) is 44.9 Å². The first kappa shape index (κ1) is 17.7. The summed E-state index contributed by atoms with van der Waals surface area (Å²) in [5.41, 5.74) is 3.12. The van der Waals surface area contributed by atoms with Crippen molar-refractivity contribution >= 4 is 23.1 Å². The second-order valence-electron chi connectivity index (χ2n) is 6.16. The second kappa shape index (κ2) is 8.29. The van der Waals surface area contributed by atoms with Crippen LogP contribution in [0.25, 0.3) is 0 Å². The molecule has 0 spiro atoms. The minimum absolute atomic E-state index is 0.153. The second-order valence-corrected chi connectivity index (χ2v) is 6.16. The van der Waals surface area contributed by atoms with Crippen molar-refractivity contribution in [3.8, 4) is 5.75 Å². The molecule has 2 N–H and O–H groups in total. The Morgan fingerprint density at radius 2 is 1.58 bits per heavy atom. The summed E-state index contributed by atoms with van der Waals surface area (Å²) in [4.78, 5) is 4.45. The van der Waals surface area contributed by atoms with Gasteiger partial charge in [-0.1, -0.05) is 19.1 Å². The first-order valence-corrected chi connectivity index (χ1v) is 8.72. The van der Waals surface area contributed by atoms with E-state index in [0.29, 0.717) is 11.8 Å². The van der Waals surface area contributed by atoms with Gasteiger partial charge in [0.25, 0.3) is 0 Å². The van der Waals surface area contributed by atoms with E-state index in [-0.39, 0.29) is 6.10 Å². The maximum absolute atomic E-state index is 5.65. The van der Waals surface area contributed by atoms with Crippen LogP contribution in [0.2, 0.25) is 0 Å². The van der Waals surface area contributed by atoms with Crippen molar-refractivity contribution in [1.82, 2.24) is 15.2 Å². The zero-order valence-electron chi connectivity index (χ0n) is 15.2. The summed E-state index contributed by atoms with van der Waals surface area (Å²) in [6.45, 7) is 6.14. The summed E-state index contributed by atoms with van der Waals surface area (Å²) in [5, 5.41) is 14.4. The van der Waals surface area contributed by atoms with E-state index in [1.54, 1.807) is 6.20 Å². The van der Waals surface area contributed by atoms with Crippen LogP contribution in [0, 0.1) is 0 Å². The van der Waals surface area contributed by atoms with Gasteiger partial charge >= 0.3 is 0 Å². The number of aromatic nitrogens is 3. The predicted molar refractivity (Wildman–Crippen MR) is 104 cm³/mol. The minimum Gasteiger partial charge on any atom is -0.491 e. The molecule has 0 radical (unpaired) electrons. The number of ether oxygens (including phenoxy) is 1. The normalized spacial score (nSPS) is 10.6. The van der Waals surface area contributed by atoms with Gasteiger partial charge in [0.2, 0.25) is 5.95 Å². The molecule has 6 nitrogen and oxygen atoms in total. The van der Waals surface area contributed by atoms with E-state index in [4.69, 9.17) is 4.74 Å². The molecule has 0 unspecified atom stereocenters. The lowest BCUT2D eigenvalue weighted by molar-refractivity contribution is 0.242. The van der Waals surface area contributed by atoms with Crippen LogP contribution in [0.4, 0.5) is 23.1 Å². The highest BCUT2D eigenvalue weighted by Crippen LogP contribution is 2.20. The van der Waals surface area contributed by atoms with Crippen LogP contribution in [-0.4, -0.2) is 21.3 Å². The van der Waals surface area contributed by atoms with Crippen molar-refractivity contribution < 1.29 is 4.74 Å². The Balaban J connectivity index is 1.66. The fourth-order valence-electron chi connectivity index (χ4n) is 2.41. The number of benzene rings is 2. The van der Waals surface area contributed by atoms with Crippen LogP contribution in [0.3, 0.4) is 0 Å². The van der Waals surface area contributed by atoms with Gasteiger partial charge < -0.3 is 15.4 Å². The van der Waals surface area contributed by atoms with E-state index >= 15 is 0 Å². The number of aryl methyl sites for hydroxylation is 1. The fraction of sp³-hybridized carbons (Fsp3) is 0.250. The highest BCUT2D eigenvalue weighted by molar-refractivity contribution is 5.59. The van der Waals surface area contributed by atoms with Crippen molar-refractivity contribution in [1.29, 1.82) is 0 Å². The molecule has 1 aromatic heterocycles. The van der Waals surface area contributed by atoms with Gasteiger partial charge in [-0.05, 0) is 62.2 Å². The maximum Gasteiger partial charge on any atom is 0.249 e. The van der Waals surface area contributed by atoms with Crippen LogP contribution in [0.5, 0.6) is 5.75 Å². The summed E-state index contributed by atoms with van der Waals surface area (Å²) in [6.07, 6.45) is 2.75. The molecule has 0 saturated heterocycles.